The summed E-state index contributed by atoms with van der Waals surface area (Å²) in [4.78, 5) is 35.9. The van der Waals surface area contributed by atoms with Crippen LogP contribution < -0.4 is 5.32 Å². The first-order valence-corrected chi connectivity index (χ1v) is 11.6. The van der Waals surface area contributed by atoms with Crippen molar-refractivity contribution < 1.29 is 14.3 Å². The molecule has 2 amide bonds. The highest BCUT2D eigenvalue weighted by Crippen LogP contribution is 2.39. The van der Waals surface area contributed by atoms with Crippen molar-refractivity contribution >= 4 is 33.4 Å². The van der Waals surface area contributed by atoms with Crippen molar-refractivity contribution in [1.82, 2.24) is 20.1 Å². The van der Waals surface area contributed by atoms with Crippen LogP contribution in [-0.4, -0.2) is 79.6 Å². The number of carbonyl (C=O) groups is 2. The summed E-state index contributed by atoms with van der Waals surface area (Å²) in [6.07, 6.45) is 6.18. The molecule has 0 bridgehead atoms. The molecule has 0 aromatic carbocycles. The Bertz CT molecular complexity index is 894. The van der Waals surface area contributed by atoms with E-state index in [9.17, 15) is 9.59 Å². The van der Waals surface area contributed by atoms with Gasteiger partial charge in [0.05, 0.1) is 18.0 Å². The van der Waals surface area contributed by atoms with Crippen LogP contribution in [0.1, 0.15) is 46.8 Å². The third-order valence-corrected chi connectivity index (χ3v) is 7.18. The topological polar surface area (TPSA) is 74.8 Å². The maximum atomic E-state index is 12.9. The van der Waals surface area contributed by atoms with Crippen LogP contribution in [0.5, 0.6) is 0 Å². The Morgan fingerprint density at radius 1 is 1.27 bits per heavy atom. The summed E-state index contributed by atoms with van der Waals surface area (Å²) in [7, 11) is 1.62. The highest BCUT2D eigenvalue weighted by atomic mass is 32.1. The zero-order valence-corrected chi connectivity index (χ0v) is 18.4. The fourth-order valence-electron chi connectivity index (χ4n) is 4.52. The van der Waals surface area contributed by atoms with Crippen molar-refractivity contribution in [3.8, 4) is 0 Å². The summed E-state index contributed by atoms with van der Waals surface area (Å²) in [6.45, 7) is 4.92. The summed E-state index contributed by atoms with van der Waals surface area (Å²) in [6, 6.07) is 3.99. The molecule has 2 saturated heterocycles. The lowest BCUT2D eigenvalue weighted by atomic mass is 9.95. The van der Waals surface area contributed by atoms with Gasteiger partial charge in [0.15, 0.2) is 0 Å². The number of fused-ring (bicyclic) bond motifs is 1. The molecule has 1 atom stereocenters. The van der Waals surface area contributed by atoms with Gasteiger partial charge in [-0.05, 0) is 43.9 Å². The molecule has 0 aliphatic carbocycles. The Hall–Kier alpha value is -2.03. The van der Waals surface area contributed by atoms with E-state index >= 15 is 0 Å². The molecule has 0 radical (unpaired) electrons. The molecule has 2 aliphatic heterocycles. The van der Waals surface area contributed by atoms with Crippen molar-refractivity contribution in [3.05, 3.63) is 28.8 Å². The molecule has 8 heteroatoms. The maximum Gasteiger partial charge on any atom is 0.261 e. The second kappa shape index (κ2) is 9.85. The normalized spacial score (nSPS) is 20.0. The molecule has 0 spiro atoms. The van der Waals surface area contributed by atoms with Crippen molar-refractivity contribution in [3.63, 3.8) is 0 Å². The summed E-state index contributed by atoms with van der Waals surface area (Å²) >= 11 is 1.46. The van der Waals surface area contributed by atoms with Gasteiger partial charge in [0.1, 0.15) is 4.83 Å². The number of carbonyl (C=O) groups excluding carboxylic acids is 2. The van der Waals surface area contributed by atoms with E-state index in [4.69, 9.17) is 4.74 Å². The average molecular weight is 431 g/mol. The minimum absolute atomic E-state index is 0.0621. The first-order chi connectivity index (χ1) is 14.7. The number of amides is 2. The zero-order chi connectivity index (χ0) is 20.9. The van der Waals surface area contributed by atoms with E-state index in [-0.39, 0.29) is 17.7 Å². The average Bonchev–Trinajstić information content (AvgIpc) is 3.38. The second-order valence-electron chi connectivity index (χ2n) is 8.11. The van der Waals surface area contributed by atoms with E-state index in [2.05, 4.69) is 21.3 Å². The third-order valence-electron chi connectivity index (χ3n) is 6.05. The predicted molar refractivity (Wildman–Crippen MR) is 118 cm³/mol. The van der Waals surface area contributed by atoms with Gasteiger partial charge in [-0.15, -0.1) is 11.3 Å². The van der Waals surface area contributed by atoms with E-state index in [0.29, 0.717) is 19.7 Å². The molecule has 0 saturated carbocycles. The largest absolute Gasteiger partial charge is 0.383 e. The first-order valence-electron chi connectivity index (χ1n) is 10.8. The molecule has 2 aliphatic rings. The van der Waals surface area contributed by atoms with Crippen molar-refractivity contribution in [1.29, 1.82) is 0 Å². The molecule has 4 heterocycles. The van der Waals surface area contributed by atoms with Crippen LogP contribution in [0.4, 0.5) is 0 Å². The first kappa shape index (κ1) is 21.2. The molecule has 1 N–H and O–H groups in total. The standard InChI is InChI=1S/C22H30N4O3S/c1-29-13-9-23-21(28)20-19(17-6-5-8-24-22(17)30-20)16-7-12-25(14-16)15-18(27)26-10-3-2-4-11-26/h5-6,8,16H,2-4,7,9-15H2,1H3,(H,23,28)/t16-/m0/s1. The van der Waals surface area contributed by atoms with Gasteiger partial charge in [-0.25, -0.2) is 4.98 Å². The molecule has 30 heavy (non-hydrogen) atoms. The van der Waals surface area contributed by atoms with Gasteiger partial charge < -0.3 is 15.0 Å². The molecule has 2 aromatic rings. The fourth-order valence-corrected chi connectivity index (χ4v) is 5.66. The van der Waals surface area contributed by atoms with Gasteiger partial charge in [0, 0.05) is 50.8 Å². The second-order valence-corrected chi connectivity index (χ2v) is 9.11. The van der Waals surface area contributed by atoms with E-state index in [0.717, 1.165) is 66.1 Å². The van der Waals surface area contributed by atoms with Gasteiger partial charge in [-0.1, -0.05) is 6.07 Å². The van der Waals surface area contributed by atoms with Gasteiger partial charge >= 0.3 is 0 Å². The number of ether oxygens (including phenoxy) is 1. The monoisotopic (exact) mass is 430 g/mol. The lowest BCUT2D eigenvalue weighted by Crippen LogP contribution is -2.42. The highest BCUT2D eigenvalue weighted by molar-refractivity contribution is 7.20. The van der Waals surface area contributed by atoms with Crippen molar-refractivity contribution in [2.45, 2.75) is 31.6 Å². The van der Waals surface area contributed by atoms with E-state index in [1.54, 1.807) is 13.3 Å². The van der Waals surface area contributed by atoms with Crippen molar-refractivity contribution in [2.75, 3.05) is 53.0 Å². The number of pyridine rings is 1. The Balaban J connectivity index is 1.49. The summed E-state index contributed by atoms with van der Waals surface area (Å²) < 4.78 is 5.05. The number of hydrogen-bond donors (Lipinski definition) is 1. The van der Waals surface area contributed by atoms with Crippen LogP contribution in [0.15, 0.2) is 18.3 Å². The van der Waals surface area contributed by atoms with Gasteiger partial charge in [-0.3, -0.25) is 14.5 Å². The molecular weight excluding hydrogens is 400 g/mol. The van der Waals surface area contributed by atoms with Gasteiger partial charge in [0.2, 0.25) is 5.91 Å². The smallest absolute Gasteiger partial charge is 0.261 e. The number of nitrogens with one attached hydrogen (secondary N) is 1. The third kappa shape index (κ3) is 4.66. The number of likely N-dealkylation sites (tertiary alicyclic amines) is 2. The Labute approximate surface area is 181 Å². The minimum Gasteiger partial charge on any atom is -0.383 e. The lowest BCUT2D eigenvalue weighted by Gasteiger charge is -2.28. The Morgan fingerprint density at radius 2 is 2.10 bits per heavy atom. The molecule has 7 nitrogen and oxygen atoms in total. The molecule has 162 valence electrons. The lowest BCUT2D eigenvalue weighted by molar-refractivity contribution is -0.133. The molecule has 4 rings (SSSR count). The van der Waals surface area contributed by atoms with Crippen LogP contribution >= 0.6 is 11.3 Å². The molecule has 2 fully saturated rings. The van der Waals surface area contributed by atoms with Crippen LogP contribution in [0.2, 0.25) is 0 Å². The highest BCUT2D eigenvalue weighted by Gasteiger charge is 2.32. The van der Waals surface area contributed by atoms with Crippen LogP contribution in [0.25, 0.3) is 10.2 Å². The summed E-state index contributed by atoms with van der Waals surface area (Å²) in [5.74, 6) is 0.415. The van der Waals surface area contributed by atoms with Crippen LogP contribution in [0.3, 0.4) is 0 Å². The van der Waals surface area contributed by atoms with E-state index in [1.165, 1.54) is 17.8 Å². The molecule has 2 aromatic heterocycles. The minimum atomic E-state index is -0.0621. The number of hydrogen-bond acceptors (Lipinski definition) is 6. The number of thiophene rings is 1. The Morgan fingerprint density at radius 3 is 2.90 bits per heavy atom. The fraction of sp³-hybridized carbons (Fsp3) is 0.591. The van der Waals surface area contributed by atoms with Gasteiger partial charge in [-0.2, -0.15) is 0 Å². The maximum absolute atomic E-state index is 12.9. The molecular formula is C22H30N4O3S. The number of aromatic nitrogens is 1. The Kier molecular flexibility index (Phi) is 6.97. The summed E-state index contributed by atoms with van der Waals surface area (Å²) in [5, 5.41) is 4.02. The quantitative estimate of drug-likeness (QED) is 0.683. The SMILES string of the molecule is COCCNC(=O)c1sc2ncccc2c1[C@H]1CCN(CC(=O)N2CCCCC2)C1. The number of piperidine rings is 1. The molecule has 0 unspecified atom stereocenters. The van der Waals surface area contributed by atoms with E-state index < -0.39 is 0 Å². The van der Waals surface area contributed by atoms with Crippen LogP contribution in [0, 0.1) is 0 Å². The van der Waals surface area contributed by atoms with Gasteiger partial charge in [0.25, 0.3) is 5.91 Å². The summed E-state index contributed by atoms with van der Waals surface area (Å²) in [5.41, 5.74) is 1.09. The number of rotatable bonds is 7. The van der Waals surface area contributed by atoms with Crippen molar-refractivity contribution in [2.24, 2.45) is 0 Å². The van der Waals surface area contributed by atoms with Crippen LogP contribution in [-0.2, 0) is 9.53 Å². The zero-order valence-electron chi connectivity index (χ0n) is 17.6. The number of methoxy groups -OCH3 is 1. The van der Waals surface area contributed by atoms with E-state index in [1.807, 2.05) is 11.0 Å². The number of nitrogens with zero attached hydrogens (tertiary/aromatic N) is 3. The predicted octanol–water partition coefficient (Wildman–Crippen LogP) is 2.47.